The summed E-state index contributed by atoms with van der Waals surface area (Å²) in [4.78, 5) is 36.3. The molecule has 2 aromatic rings. The van der Waals surface area contributed by atoms with Crippen molar-refractivity contribution in [3.8, 4) is 11.5 Å². The van der Waals surface area contributed by atoms with Crippen molar-refractivity contribution in [1.82, 2.24) is 20.9 Å². The number of halogens is 3. The summed E-state index contributed by atoms with van der Waals surface area (Å²) in [5.74, 6) is 1.66. The van der Waals surface area contributed by atoms with Crippen LogP contribution in [0.5, 0.6) is 11.5 Å². The molecule has 18 heteroatoms. The third kappa shape index (κ3) is 32.9. The van der Waals surface area contributed by atoms with Crippen LogP contribution in [0.15, 0.2) is 48.5 Å². The van der Waals surface area contributed by atoms with Gasteiger partial charge in [0, 0.05) is 51.1 Å². The average molecular weight is 1090 g/mol. The van der Waals surface area contributed by atoms with Crippen molar-refractivity contribution in [3.05, 3.63) is 59.7 Å². The van der Waals surface area contributed by atoms with Crippen LogP contribution < -0.4 is 168 Å². The largest absolute Gasteiger partial charge is 1.00 e. The predicted molar refractivity (Wildman–Crippen MR) is 201 cm³/mol. The SMILES string of the molecule is CC(C)(C)OC(=O)NCCc1ccc(OCCBr)cc1.CC(C)(C)OC(=O)NCCc1ccc(OCCN2CC(F)C2)cc1.FC1CNC1.O=CO[O-].[Cs+].[Cs+].[H-]. The van der Waals surface area contributed by atoms with E-state index in [-0.39, 0.29) is 152 Å². The molecule has 2 amide bonds. The average Bonchev–Trinajstić information content (AvgIpc) is 3.06. The van der Waals surface area contributed by atoms with Crippen LogP contribution >= 0.6 is 15.9 Å². The van der Waals surface area contributed by atoms with Gasteiger partial charge in [-0.05, 0) is 89.8 Å². The van der Waals surface area contributed by atoms with E-state index < -0.39 is 29.6 Å². The zero-order chi connectivity index (χ0) is 39.7. The fourth-order valence-electron chi connectivity index (χ4n) is 4.14. The van der Waals surface area contributed by atoms with Crippen molar-refractivity contribution in [2.45, 2.75) is 77.9 Å². The minimum Gasteiger partial charge on any atom is -1.00 e. The molecule has 0 unspecified atom stereocenters. The standard InChI is InChI=1S/C18H27FN2O3.C15H22BrNO3.C3H6FN.CH2O3.2Cs.H/c1-18(2,3)24-17(22)20-9-8-14-4-6-16(7-5-14)23-11-10-21-12-15(19)13-21;1-15(2,3)20-14(18)17-10-8-12-4-6-13(7-5-12)19-11-9-16;4-3-1-5-2-3;2-1-4-3;;;/h4-7,15H,8-13H2,1-3H3,(H,20,22);4-7H,8-11H2,1-3H3,(H,17,18);3,5H,1-2H2;1,3H;;;/q;;;;2*+1;-1/p-1. The summed E-state index contributed by atoms with van der Waals surface area (Å²) in [7, 11) is 0. The van der Waals surface area contributed by atoms with Gasteiger partial charge in [0.15, 0.2) is 0 Å². The van der Waals surface area contributed by atoms with Gasteiger partial charge in [0.05, 0.1) is 6.61 Å². The Morgan fingerprint density at radius 3 is 1.49 bits per heavy atom. The van der Waals surface area contributed by atoms with Gasteiger partial charge in [-0.2, -0.15) is 0 Å². The fraction of sp³-hybridized carbons (Fsp3) is 0.595. The van der Waals surface area contributed by atoms with Gasteiger partial charge in [-0.25, -0.2) is 18.4 Å². The summed E-state index contributed by atoms with van der Waals surface area (Å²) in [5, 5.41) is 17.5. The van der Waals surface area contributed by atoms with Gasteiger partial charge in [-0.15, -0.1) is 0 Å². The van der Waals surface area contributed by atoms with E-state index in [1.807, 2.05) is 95.0 Å². The quantitative estimate of drug-likeness (QED) is 0.0904. The van der Waals surface area contributed by atoms with Crippen LogP contribution in [-0.4, -0.2) is 111 Å². The molecule has 13 nitrogen and oxygen atoms in total. The summed E-state index contributed by atoms with van der Waals surface area (Å²) in [6, 6.07) is 15.7. The van der Waals surface area contributed by atoms with Gasteiger partial charge in [0.2, 0.25) is 0 Å². The molecule has 2 fully saturated rings. The Morgan fingerprint density at radius 2 is 1.20 bits per heavy atom. The third-order valence-electron chi connectivity index (χ3n) is 6.72. The molecular weight excluding hydrogens is 1030 g/mol. The number of alkyl carbamates (subject to hydrolysis) is 2. The first kappa shape index (κ1) is 57.5. The number of hydrogen-bond donors (Lipinski definition) is 3. The molecule has 2 heterocycles. The van der Waals surface area contributed by atoms with Gasteiger partial charge in [-0.1, -0.05) is 40.2 Å². The zero-order valence-electron chi connectivity index (χ0n) is 34.6. The number of benzene rings is 2. The van der Waals surface area contributed by atoms with E-state index in [0.29, 0.717) is 52.5 Å². The van der Waals surface area contributed by atoms with Crippen LogP contribution in [0.2, 0.25) is 0 Å². The second-order valence-electron chi connectivity index (χ2n) is 13.8. The molecule has 0 radical (unpaired) electrons. The number of nitrogens with one attached hydrogen (secondary N) is 3. The van der Waals surface area contributed by atoms with Crippen molar-refractivity contribution >= 4 is 34.6 Å². The van der Waals surface area contributed by atoms with Crippen molar-refractivity contribution in [3.63, 3.8) is 0 Å². The molecule has 4 rings (SSSR count). The number of ether oxygens (including phenoxy) is 4. The molecule has 2 aromatic carbocycles. The molecule has 2 aliphatic heterocycles. The second kappa shape index (κ2) is 33.1. The van der Waals surface area contributed by atoms with Crippen LogP contribution in [0.25, 0.3) is 0 Å². The predicted octanol–water partition coefficient (Wildman–Crippen LogP) is -1.20. The van der Waals surface area contributed by atoms with Crippen molar-refractivity contribution in [2.24, 2.45) is 0 Å². The van der Waals surface area contributed by atoms with Crippen LogP contribution in [-0.2, 0) is 32.0 Å². The van der Waals surface area contributed by atoms with E-state index in [1.165, 1.54) is 0 Å². The molecule has 0 atom stereocenters. The van der Waals surface area contributed by atoms with E-state index in [1.54, 1.807) is 0 Å². The molecule has 0 aromatic heterocycles. The Balaban J connectivity index is -0.000000791. The number of rotatable bonds is 14. The molecule has 2 aliphatic rings. The zero-order valence-corrected chi connectivity index (χ0v) is 47.7. The van der Waals surface area contributed by atoms with Crippen LogP contribution in [0.4, 0.5) is 18.4 Å². The van der Waals surface area contributed by atoms with Gasteiger partial charge < -0.3 is 46.5 Å². The molecule has 3 N–H and O–H groups in total. The molecule has 55 heavy (non-hydrogen) atoms. The van der Waals surface area contributed by atoms with E-state index in [0.717, 1.165) is 47.3 Å². The summed E-state index contributed by atoms with van der Waals surface area (Å²) in [6.07, 6.45) is -0.504. The Morgan fingerprint density at radius 1 is 0.818 bits per heavy atom. The maximum absolute atomic E-state index is 12.7. The minimum absolute atomic E-state index is 0. The topological polar surface area (TPSA) is 160 Å². The maximum Gasteiger partial charge on any atom is 1.00 e. The maximum atomic E-state index is 12.7. The van der Waals surface area contributed by atoms with Crippen LogP contribution in [0.3, 0.4) is 0 Å². The smallest absolute Gasteiger partial charge is 1.00 e. The summed E-state index contributed by atoms with van der Waals surface area (Å²) in [6.45, 7) is 16.1. The first-order valence-electron chi connectivity index (χ1n) is 17.4. The Bertz CT molecular complexity index is 1310. The summed E-state index contributed by atoms with van der Waals surface area (Å²) in [5.41, 5.74) is 1.32. The van der Waals surface area contributed by atoms with Crippen LogP contribution in [0, 0.1) is 0 Å². The number of amides is 2. The van der Waals surface area contributed by atoms with Crippen molar-refractivity contribution in [2.75, 3.05) is 64.4 Å². The normalized spacial score (nSPS) is 13.6. The molecule has 0 bridgehead atoms. The number of carbonyl (C=O) groups is 3. The number of alkyl halides is 3. The molecule has 0 spiro atoms. The molecule has 0 saturated carbocycles. The van der Waals surface area contributed by atoms with Gasteiger partial charge in [-0.3, -0.25) is 9.69 Å². The monoisotopic (exact) mass is 1080 g/mol. The van der Waals surface area contributed by atoms with E-state index in [2.05, 4.69) is 36.8 Å². The Labute approximate surface area is 452 Å². The Hall–Kier alpha value is 0.374. The van der Waals surface area contributed by atoms with Gasteiger partial charge in [0.1, 0.15) is 41.7 Å². The van der Waals surface area contributed by atoms with Crippen molar-refractivity contribution < 1.29 is 191 Å². The minimum atomic E-state index is -0.668. The van der Waals surface area contributed by atoms with Crippen molar-refractivity contribution in [1.29, 1.82) is 0 Å². The summed E-state index contributed by atoms with van der Waals surface area (Å²) >= 11 is 3.31. The molecular formula is C37H57BrCs2F2N4O9. The van der Waals surface area contributed by atoms with E-state index >= 15 is 0 Å². The molecule has 0 aliphatic carbocycles. The molecule has 302 valence electrons. The first-order chi connectivity index (χ1) is 25.0. The summed E-state index contributed by atoms with van der Waals surface area (Å²) < 4.78 is 45.6. The number of nitrogens with zero attached hydrogens (tertiary/aromatic N) is 1. The van der Waals surface area contributed by atoms with E-state index in [9.17, 15) is 18.4 Å². The fourth-order valence-corrected chi connectivity index (χ4v) is 4.30. The van der Waals surface area contributed by atoms with Gasteiger partial charge in [0.25, 0.3) is 6.47 Å². The van der Waals surface area contributed by atoms with Crippen LogP contribution in [0.1, 0.15) is 54.1 Å². The van der Waals surface area contributed by atoms with E-state index in [4.69, 9.17) is 29.0 Å². The second-order valence-corrected chi connectivity index (χ2v) is 14.6. The van der Waals surface area contributed by atoms with Gasteiger partial charge >= 0.3 is 150 Å². The number of likely N-dealkylation sites (tertiary alicyclic amines) is 1. The molecule has 2 saturated heterocycles. The third-order valence-corrected chi connectivity index (χ3v) is 7.04. The Kier molecular flexibility index (Phi) is 34.6. The number of hydrogen-bond acceptors (Lipinski definition) is 11. The number of carbonyl (C=O) groups excluding carboxylic acids is 3. The first-order valence-corrected chi connectivity index (χ1v) is 18.5.